The average Bonchev–Trinajstić information content (AvgIpc) is 3.42. The van der Waals surface area contributed by atoms with Crippen molar-refractivity contribution >= 4 is 45.2 Å². The van der Waals surface area contributed by atoms with Crippen LogP contribution in [-0.2, 0) is 4.79 Å². The average molecular weight is 427 g/mol. The summed E-state index contributed by atoms with van der Waals surface area (Å²) in [7, 11) is 0. The van der Waals surface area contributed by atoms with E-state index in [9.17, 15) is 14.4 Å². The van der Waals surface area contributed by atoms with Gasteiger partial charge in [-0.25, -0.2) is 9.78 Å². The molecule has 0 unspecified atom stereocenters. The molecule has 3 heterocycles. The number of benzene rings is 1. The topological polar surface area (TPSA) is 110 Å². The number of thiazole rings is 1. The fraction of sp³-hybridized carbons (Fsp3) is 0.300. The van der Waals surface area contributed by atoms with E-state index in [2.05, 4.69) is 20.6 Å². The third-order valence-electron chi connectivity index (χ3n) is 5.01. The summed E-state index contributed by atoms with van der Waals surface area (Å²) in [5.74, 6) is -0.409. The second kappa shape index (κ2) is 8.54. The lowest BCUT2D eigenvalue weighted by Crippen LogP contribution is -2.55. The number of anilines is 1. The van der Waals surface area contributed by atoms with E-state index in [1.165, 1.54) is 11.3 Å². The normalized spacial score (nSPS) is 15.1. The van der Waals surface area contributed by atoms with E-state index in [1.807, 2.05) is 30.3 Å². The summed E-state index contributed by atoms with van der Waals surface area (Å²) in [6.45, 7) is 3.29. The third-order valence-corrected chi connectivity index (χ3v) is 5.70. The van der Waals surface area contributed by atoms with Gasteiger partial charge in [-0.15, -0.1) is 11.3 Å². The highest BCUT2D eigenvalue weighted by atomic mass is 32.1. The van der Waals surface area contributed by atoms with Crippen LogP contribution in [0, 0.1) is 0 Å². The monoisotopic (exact) mass is 426 g/mol. The SMILES string of the molecule is C[C@H](NC(=O)N1CCN(C(=O)c2cc3ccccc3[nH]2)CC1)C(=O)Nc1nccs1. The smallest absolute Gasteiger partial charge is 0.318 e. The number of hydrogen-bond donors (Lipinski definition) is 3. The van der Waals surface area contributed by atoms with E-state index in [0.717, 1.165) is 10.9 Å². The Morgan fingerprint density at radius 3 is 2.57 bits per heavy atom. The van der Waals surface area contributed by atoms with Gasteiger partial charge in [-0.2, -0.15) is 0 Å². The lowest BCUT2D eigenvalue weighted by molar-refractivity contribution is -0.117. The highest BCUT2D eigenvalue weighted by Crippen LogP contribution is 2.17. The van der Waals surface area contributed by atoms with Crippen molar-refractivity contribution in [2.24, 2.45) is 0 Å². The van der Waals surface area contributed by atoms with Gasteiger partial charge in [0.2, 0.25) is 5.91 Å². The molecule has 0 bridgehead atoms. The molecule has 4 rings (SSSR count). The first-order valence-electron chi connectivity index (χ1n) is 9.64. The van der Waals surface area contributed by atoms with E-state index in [1.54, 1.807) is 28.3 Å². The van der Waals surface area contributed by atoms with Crippen molar-refractivity contribution < 1.29 is 14.4 Å². The van der Waals surface area contributed by atoms with Crippen molar-refractivity contribution in [3.05, 3.63) is 47.6 Å². The number of piperazine rings is 1. The van der Waals surface area contributed by atoms with Gasteiger partial charge in [-0.1, -0.05) is 18.2 Å². The summed E-state index contributed by atoms with van der Waals surface area (Å²) in [5.41, 5.74) is 1.46. The first-order chi connectivity index (χ1) is 14.5. The zero-order chi connectivity index (χ0) is 21.1. The molecule has 1 fully saturated rings. The number of H-pyrrole nitrogens is 1. The molecule has 0 spiro atoms. The highest BCUT2D eigenvalue weighted by molar-refractivity contribution is 7.13. The van der Waals surface area contributed by atoms with Crippen LogP contribution in [0.2, 0.25) is 0 Å². The number of amides is 4. The summed E-state index contributed by atoms with van der Waals surface area (Å²) < 4.78 is 0. The van der Waals surface area contributed by atoms with Crippen LogP contribution >= 0.6 is 11.3 Å². The molecule has 4 amide bonds. The lowest BCUT2D eigenvalue weighted by atomic mass is 10.2. The molecule has 1 aromatic carbocycles. The standard InChI is InChI=1S/C20H22N6O3S/c1-13(17(27)24-19-21-6-11-30-19)22-20(29)26-9-7-25(8-10-26)18(28)16-12-14-4-2-3-5-15(14)23-16/h2-6,11-13,23H,7-10H2,1H3,(H,22,29)(H,21,24,27)/t13-/m0/s1. The number of aromatic amines is 1. The molecule has 156 valence electrons. The maximum atomic E-state index is 12.8. The second-order valence-electron chi connectivity index (χ2n) is 7.05. The van der Waals surface area contributed by atoms with Crippen LogP contribution in [0.5, 0.6) is 0 Å². The number of hydrogen-bond acceptors (Lipinski definition) is 5. The lowest BCUT2D eigenvalue weighted by Gasteiger charge is -2.35. The van der Waals surface area contributed by atoms with Crippen LogP contribution in [0.1, 0.15) is 17.4 Å². The third kappa shape index (κ3) is 4.28. The predicted octanol–water partition coefficient (Wildman–Crippen LogP) is 2.12. The van der Waals surface area contributed by atoms with Gasteiger partial charge in [-0.3, -0.25) is 9.59 Å². The molecule has 10 heteroatoms. The molecule has 1 saturated heterocycles. The minimum absolute atomic E-state index is 0.0811. The fourth-order valence-corrected chi connectivity index (χ4v) is 3.84. The van der Waals surface area contributed by atoms with Crippen molar-refractivity contribution in [2.75, 3.05) is 31.5 Å². The maximum Gasteiger partial charge on any atom is 0.318 e. The van der Waals surface area contributed by atoms with E-state index >= 15 is 0 Å². The molecule has 0 aliphatic carbocycles. The van der Waals surface area contributed by atoms with Crippen LogP contribution in [0.15, 0.2) is 41.9 Å². The Hall–Kier alpha value is -3.40. The molecule has 3 aromatic rings. The molecule has 1 aliphatic rings. The van der Waals surface area contributed by atoms with Gasteiger partial charge in [0.25, 0.3) is 5.91 Å². The second-order valence-corrected chi connectivity index (χ2v) is 7.94. The van der Waals surface area contributed by atoms with Gasteiger partial charge in [0.05, 0.1) is 0 Å². The molecule has 3 N–H and O–H groups in total. The summed E-state index contributed by atoms with van der Waals surface area (Å²) in [6, 6.07) is 8.56. The van der Waals surface area contributed by atoms with Gasteiger partial charge in [0.1, 0.15) is 11.7 Å². The Morgan fingerprint density at radius 1 is 1.13 bits per heavy atom. The summed E-state index contributed by atoms with van der Waals surface area (Å²) >= 11 is 1.31. The van der Waals surface area contributed by atoms with Gasteiger partial charge >= 0.3 is 6.03 Å². The zero-order valence-corrected chi connectivity index (χ0v) is 17.2. The molecule has 1 aliphatic heterocycles. The minimum Gasteiger partial charge on any atom is -0.351 e. The Kier molecular flexibility index (Phi) is 5.66. The molecular weight excluding hydrogens is 404 g/mol. The Morgan fingerprint density at radius 2 is 1.87 bits per heavy atom. The van der Waals surface area contributed by atoms with Crippen molar-refractivity contribution in [2.45, 2.75) is 13.0 Å². The number of para-hydroxylation sites is 1. The minimum atomic E-state index is -0.701. The number of urea groups is 1. The van der Waals surface area contributed by atoms with E-state index in [0.29, 0.717) is 37.0 Å². The maximum absolute atomic E-state index is 12.8. The van der Waals surface area contributed by atoms with Crippen LogP contribution in [-0.4, -0.2) is 69.8 Å². The van der Waals surface area contributed by atoms with Crippen molar-refractivity contribution in [3.8, 4) is 0 Å². The molecular formula is C20H22N6O3S. The molecule has 1 atom stereocenters. The number of aromatic nitrogens is 2. The van der Waals surface area contributed by atoms with E-state index in [4.69, 9.17) is 0 Å². The summed E-state index contributed by atoms with van der Waals surface area (Å²) in [6.07, 6.45) is 1.60. The first-order valence-corrected chi connectivity index (χ1v) is 10.5. The molecule has 0 saturated carbocycles. The number of nitrogens with one attached hydrogen (secondary N) is 3. The number of carbonyl (C=O) groups excluding carboxylic acids is 3. The van der Waals surface area contributed by atoms with Crippen LogP contribution in [0.4, 0.5) is 9.93 Å². The molecule has 2 aromatic heterocycles. The predicted molar refractivity (Wildman–Crippen MR) is 115 cm³/mol. The van der Waals surface area contributed by atoms with Crippen LogP contribution in [0.3, 0.4) is 0 Å². The van der Waals surface area contributed by atoms with E-state index < -0.39 is 6.04 Å². The number of carbonyl (C=O) groups is 3. The fourth-order valence-electron chi connectivity index (χ4n) is 3.31. The zero-order valence-electron chi connectivity index (χ0n) is 16.4. The van der Waals surface area contributed by atoms with Crippen molar-refractivity contribution in [1.82, 2.24) is 25.1 Å². The Bertz CT molecular complexity index is 1020. The Balaban J connectivity index is 1.28. The van der Waals surface area contributed by atoms with Gasteiger partial charge < -0.3 is 25.4 Å². The summed E-state index contributed by atoms with van der Waals surface area (Å²) in [4.78, 5) is 47.9. The highest BCUT2D eigenvalue weighted by Gasteiger charge is 2.27. The molecule has 9 nitrogen and oxygen atoms in total. The van der Waals surface area contributed by atoms with Gasteiger partial charge in [0.15, 0.2) is 5.13 Å². The molecule has 0 radical (unpaired) electrons. The molecule has 30 heavy (non-hydrogen) atoms. The van der Waals surface area contributed by atoms with E-state index in [-0.39, 0.29) is 17.8 Å². The van der Waals surface area contributed by atoms with Crippen molar-refractivity contribution in [3.63, 3.8) is 0 Å². The number of nitrogens with zero attached hydrogens (tertiary/aromatic N) is 3. The summed E-state index contributed by atoms with van der Waals surface area (Å²) in [5, 5.41) is 8.60. The van der Waals surface area contributed by atoms with Crippen LogP contribution < -0.4 is 10.6 Å². The van der Waals surface area contributed by atoms with Gasteiger partial charge in [0, 0.05) is 48.7 Å². The number of fused-ring (bicyclic) bond motifs is 1. The van der Waals surface area contributed by atoms with Crippen LogP contribution in [0.25, 0.3) is 10.9 Å². The quantitative estimate of drug-likeness (QED) is 0.593. The van der Waals surface area contributed by atoms with Crippen molar-refractivity contribution in [1.29, 1.82) is 0 Å². The first kappa shape index (κ1) is 19.9. The number of rotatable bonds is 4. The largest absolute Gasteiger partial charge is 0.351 e. The van der Waals surface area contributed by atoms with Gasteiger partial charge in [-0.05, 0) is 19.1 Å². The Labute approximate surface area is 177 Å².